The van der Waals surface area contributed by atoms with Gasteiger partial charge in [0, 0.05) is 37.9 Å². The van der Waals surface area contributed by atoms with E-state index in [2.05, 4.69) is 25.5 Å². The number of piperidine rings is 1. The first-order valence-electron chi connectivity index (χ1n) is 13.4. The van der Waals surface area contributed by atoms with E-state index in [1.807, 2.05) is 7.05 Å². The van der Waals surface area contributed by atoms with Crippen LogP contribution in [0.5, 0.6) is 17.4 Å². The Labute approximate surface area is 240 Å². The number of hydrogen-bond donors (Lipinski definition) is 2. The Balaban J connectivity index is 1.43. The van der Waals surface area contributed by atoms with Crippen molar-refractivity contribution in [1.82, 2.24) is 25.1 Å². The van der Waals surface area contributed by atoms with Crippen LogP contribution in [0.25, 0.3) is 0 Å². The van der Waals surface area contributed by atoms with E-state index >= 15 is 0 Å². The molecule has 1 aromatic heterocycles. The molecule has 0 radical (unpaired) electrons. The van der Waals surface area contributed by atoms with E-state index in [9.17, 15) is 22.8 Å². The van der Waals surface area contributed by atoms with Gasteiger partial charge in [0.2, 0.25) is 11.8 Å². The van der Waals surface area contributed by atoms with E-state index in [1.165, 1.54) is 18.1 Å². The summed E-state index contributed by atoms with van der Waals surface area (Å²) >= 11 is 0. The second kappa shape index (κ2) is 11.5. The minimum atomic E-state index is -4.82. The Morgan fingerprint density at radius 2 is 1.95 bits per heavy atom. The number of carbonyl (C=O) groups excluding carboxylic acids is 2. The van der Waals surface area contributed by atoms with Crippen molar-refractivity contribution < 1.29 is 32.2 Å². The van der Waals surface area contributed by atoms with Crippen molar-refractivity contribution in [3.8, 4) is 17.4 Å². The maximum Gasteiger partial charge on any atom is 0.423 e. The zero-order chi connectivity index (χ0) is 30.2. The van der Waals surface area contributed by atoms with Crippen molar-refractivity contribution in [2.75, 3.05) is 39.6 Å². The fourth-order valence-corrected chi connectivity index (χ4v) is 5.22. The summed E-state index contributed by atoms with van der Waals surface area (Å²) in [5, 5.41) is 5.95. The Morgan fingerprint density at radius 1 is 1.17 bits per heavy atom. The van der Waals surface area contributed by atoms with Crippen LogP contribution in [0.3, 0.4) is 0 Å². The largest absolute Gasteiger partial charge is 0.495 e. The molecule has 2 aliphatic rings. The number of likely N-dealkylation sites (tertiary alicyclic amines) is 1. The highest BCUT2D eigenvalue weighted by Gasteiger charge is 2.37. The molecule has 1 fully saturated rings. The number of fused-ring (bicyclic) bond motifs is 1. The molecule has 3 aromatic rings. The van der Waals surface area contributed by atoms with Gasteiger partial charge in [-0.15, -0.1) is 0 Å². The minimum Gasteiger partial charge on any atom is -0.495 e. The van der Waals surface area contributed by atoms with Gasteiger partial charge < -0.3 is 29.9 Å². The van der Waals surface area contributed by atoms with Crippen molar-refractivity contribution in [1.29, 1.82) is 0 Å². The number of amides is 2. The van der Waals surface area contributed by atoms with Gasteiger partial charge in [0.25, 0.3) is 11.8 Å². The van der Waals surface area contributed by atoms with Crippen LogP contribution < -0.4 is 20.1 Å². The maximum atomic E-state index is 13.9. The maximum absolute atomic E-state index is 13.9. The molecule has 2 N–H and O–H groups in total. The first-order chi connectivity index (χ1) is 19.9. The first kappa shape index (κ1) is 29.1. The lowest BCUT2D eigenvalue weighted by atomic mass is 10.0. The number of rotatable bonds is 7. The summed E-state index contributed by atoms with van der Waals surface area (Å²) in [5.41, 5.74) is 0.995. The summed E-state index contributed by atoms with van der Waals surface area (Å²) < 4.78 is 52.8. The molecule has 10 nitrogen and oxygen atoms in total. The lowest BCUT2D eigenvalue weighted by Crippen LogP contribution is -2.46. The summed E-state index contributed by atoms with van der Waals surface area (Å²) in [5.74, 6) is -1.33. The molecule has 0 unspecified atom stereocenters. The Morgan fingerprint density at radius 3 is 2.67 bits per heavy atom. The molecule has 0 spiro atoms. The van der Waals surface area contributed by atoms with Crippen LogP contribution in [0, 0.1) is 6.92 Å². The highest BCUT2D eigenvalue weighted by molar-refractivity contribution is 6.01. The topological polar surface area (TPSA) is 109 Å². The average molecular weight is 585 g/mol. The standard InChI is InChI=1S/C29H31F3N6O4/c1-16-11-21(23(41-4)12-19(16)25(39)34-18-8-6-10-37(2)15-18)35-28-33-13-20(29(30,31)32)26(36-28)42-22-9-5-7-17-14-38(3)27(40)24(17)22/h5,7,9,11-13,18H,6,8,10,14-15H2,1-4H3,(H,34,39)(H,33,35,36)/t18-/m1/s1. The molecule has 42 heavy (non-hydrogen) atoms. The zero-order valence-electron chi connectivity index (χ0n) is 23.6. The first-order valence-corrected chi connectivity index (χ1v) is 13.4. The number of benzene rings is 2. The molecule has 3 heterocycles. The predicted octanol–water partition coefficient (Wildman–Crippen LogP) is 4.76. The third kappa shape index (κ3) is 5.96. The van der Waals surface area contributed by atoms with Crippen molar-refractivity contribution in [2.45, 2.75) is 38.5 Å². The molecule has 5 rings (SSSR count). The normalized spacial score (nSPS) is 17.2. The van der Waals surface area contributed by atoms with Gasteiger partial charge in [0.05, 0.1) is 18.4 Å². The van der Waals surface area contributed by atoms with Gasteiger partial charge in [0.15, 0.2) is 0 Å². The molecule has 2 amide bonds. The molecule has 0 saturated carbocycles. The second-order valence-electron chi connectivity index (χ2n) is 10.5. The van der Waals surface area contributed by atoms with Crippen LogP contribution in [0.1, 0.15) is 50.2 Å². The van der Waals surface area contributed by atoms with Crippen molar-refractivity contribution in [3.63, 3.8) is 0 Å². The van der Waals surface area contributed by atoms with Crippen LogP contribution in [-0.2, 0) is 12.7 Å². The van der Waals surface area contributed by atoms with Gasteiger partial charge >= 0.3 is 6.18 Å². The van der Waals surface area contributed by atoms with Gasteiger partial charge in [-0.25, -0.2) is 4.98 Å². The van der Waals surface area contributed by atoms with Gasteiger partial charge in [-0.05, 0) is 62.7 Å². The van der Waals surface area contributed by atoms with Crippen LogP contribution in [0.4, 0.5) is 24.8 Å². The number of nitrogens with one attached hydrogen (secondary N) is 2. The number of nitrogens with zero attached hydrogens (tertiary/aromatic N) is 4. The highest BCUT2D eigenvalue weighted by atomic mass is 19.4. The number of hydrogen-bond acceptors (Lipinski definition) is 8. The van der Waals surface area contributed by atoms with Gasteiger partial charge in [0.1, 0.15) is 17.1 Å². The number of carbonyl (C=O) groups is 2. The predicted molar refractivity (Wildman–Crippen MR) is 148 cm³/mol. The summed E-state index contributed by atoms with van der Waals surface area (Å²) in [6.45, 7) is 3.81. The van der Waals surface area contributed by atoms with Crippen molar-refractivity contribution in [3.05, 3.63) is 64.3 Å². The molecule has 0 aliphatic carbocycles. The third-order valence-electron chi connectivity index (χ3n) is 7.34. The Bertz CT molecular complexity index is 1530. The number of halogens is 3. The average Bonchev–Trinajstić information content (AvgIpc) is 3.22. The van der Waals surface area contributed by atoms with Crippen molar-refractivity contribution >= 4 is 23.5 Å². The van der Waals surface area contributed by atoms with Crippen molar-refractivity contribution in [2.24, 2.45) is 0 Å². The van der Waals surface area contributed by atoms with Gasteiger partial charge in [-0.3, -0.25) is 9.59 Å². The SMILES string of the molecule is COc1cc(C(=O)N[C@@H]2CCCN(C)C2)c(C)cc1Nc1ncc(C(F)(F)F)c(Oc2cccc3c2C(=O)N(C)C3)n1. The van der Waals surface area contributed by atoms with E-state index < -0.39 is 17.6 Å². The molecule has 1 atom stereocenters. The molecule has 2 aliphatic heterocycles. The lowest BCUT2D eigenvalue weighted by molar-refractivity contribution is -0.139. The van der Waals surface area contributed by atoms with Gasteiger partial charge in [-0.1, -0.05) is 12.1 Å². The van der Waals surface area contributed by atoms with E-state index in [-0.39, 0.29) is 40.9 Å². The summed E-state index contributed by atoms with van der Waals surface area (Å²) in [6, 6.07) is 7.98. The molecule has 13 heteroatoms. The molecule has 1 saturated heterocycles. The Kier molecular flexibility index (Phi) is 7.95. The number of likely N-dealkylation sites (N-methyl/N-ethyl adjacent to an activating group) is 1. The van der Waals surface area contributed by atoms with E-state index in [4.69, 9.17) is 9.47 Å². The number of ether oxygens (including phenoxy) is 2. The number of alkyl halides is 3. The molecular formula is C29H31F3N6O4. The number of anilines is 2. The minimum absolute atomic E-state index is 0.0277. The summed E-state index contributed by atoms with van der Waals surface area (Å²) in [6.07, 6.45) is -2.32. The van der Waals surface area contributed by atoms with E-state index in [0.29, 0.717) is 35.1 Å². The molecule has 0 bridgehead atoms. The number of methoxy groups -OCH3 is 1. The van der Waals surface area contributed by atoms with Crippen LogP contribution in [0.2, 0.25) is 0 Å². The smallest absolute Gasteiger partial charge is 0.423 e. The number of aryl methyl sites for hydroxylation is 1. The lowest BCUT2D eigenvalue weighted by Gasteiger charge is -2.30. The Hall–Kier alpha value is -4.39. The summed E-state index contributed by atoms with van der Waals surface area (Å²) in [7, 11) is 5.02. The fourth-order valence-electron chi connectivity index (χ4n) is 5.22. The zero-order valence-corrected chi connectivity index (χ0v) is 23.6. The fraction of sp³-hybridized carbons (Fsp3) is 0.379. The molecule has 2 aromatic carbocycles. The monoisotopic (exact) mass is 584 g/mol. The van der Waals surface area contributed by atoms with Crippen LogP contribution >= 0.6 is 0 Å². The third-order valence-corrected chi connectivity index (χ3v) is 7.34. The van der Waals surface area contributed by atoms with Crippen LogP contribution in [-0.4, -0.2) is 71.9 Å². The van der Waals surface area contributed by atoms with E-state index in [1.54, 1.807) is 38.2 Å². The second-order valence-corrected chi connectivity index (χ2v) is 10.5. The summed E-state index contributed by atoms with van der Waals surface area (Å²) in [4.78, 5) is 37.2. The quantitative estimate of drug-likeness (QED) is 0.410. The molecule has 222 valence electrons. The number of aromatic nitrogens is 2. The van der Waals surface area contributed by atoms with Gasteiger partial charge in [-0.2, -0.15) is 18.2 Å². The molecular weight excluding hydrogens is 553 g/mol. The van der Waals surface area contributed by atoms with Crippen LogP contribution in [0.15, 0.2) is 36.5 Å². The highest BCUT2D eigenvalue weighted by Crippen LogP contribution is 2.40. The van der Waals surface area contributed by atoms with E-state index in [0.717, 1.165) is 25.9 Å².